The first-order valence-electron chi connectivity index (χ1n) is 7.32. The van der Waals surface area contributed by atoms with Gasteiger partial charge in [0.1, 0.15) is 5.75 Å². The summed E-state index contributed by atoms with van der Waals surface area (Å²) >= 11 is 0. The molecule has 0 radical (unpaired) electrons. The van der Waals surface area contributed by atoms with E-state index in [-0.39, 0.29) is 18.2 Å². The lowest BCUT2D eigenvalue weighted by Crippen LogP contribution is -2.39. The van der Waals surface area contributed by atoms with Gasteiger partial charge < -0.3 is 19.7 Å². The van der Waals surface area contributed by atoms with E-state index in [0.717, 1.165) is 5.75 Å². The normalized spacial score (nSPS) is 10.1. The van der Waals surface area contributed by atoms with Crippen molar-refractivity contribution in [1.29, 1.82) is 0 Å². The number of rotatable bonds is 10. The summed E-state index contributed by atoms with van der Waals surface area (Å²) in [5.74, 6) is 0.627. The van der Waals surface area contributed by atoms with Crippen LogP contribution in [0, 0.1) is 0 Å². The highest BCUT2D eigenvalue weighted by atomic mass is 16.5. The van der Waals surface area contributed by atoms with Crippen LogP contribution in [0.3, 0.4) is 0 Å². The molecule has 1 aromatic carbocycles. The van der Waals surface area contributed by atoms with Crippen molar-refractivity contribution in [1.82, 2.24) is 10.2 Å². The molecule has 0 aliphatic rings. The van der Waals surface area contributed by atoms with Crippen molar-refractivity contribution in [2.75, 3.05) is 40.0 Å². The molecule has 22 heavy (non-hydrogen) atoms. The fourth-order valence-corrected chi connectivity index (χ4v) is 1.83. The van der Waals surface area contributed by atoms with Gasteiger partial charge in [-0.25, -0.2) is 0 Å². The lowest BCUT2D eigenvalue weighted by Gasteiger charge is -2.20. The number of carbonyl (C=O) groups is 2. The van der Waals surface area contributed by atoms with Crippen molar-refractivity contribution >= 4 is 11.8 Å². The van der Waals surface area contributed by atoms with Gasteiger partial charge in [-0.1, -0.05) is 18.2 Å². The first-order valence-corrected chi connectivity index (χ1v) is 7.32. The van der Waals surface area contributed by atoms with Crippen LogP contribution in [0.15, 0.2) is 30.3 Å². The van der Waals surface area contributed by atoms with E-state index >= 15 is 0 Å². The Morgan fingerprint density at radius 2 is 1.86 bits per heavy atom. The maximum Gasteiger partial charge on any atom is 0.223 e. The fraction of sp³-hybridized carbons (Fsp3) is 0.500. The SMILES string of the molecule is COCCN(CCNC(=O)CCOc1ccccc1)C(C)=O. The smallest absolute Gasteiger partial charge is 0.223 e. The molecule has 0 unspecified atom stereocenters. The standard InChI is InChI=1S/C16H24N2O4/c1-14(19)18(11-13-21-2)10-9-17-16(20)8-12-22-15-6-4-3-5-7-15/h3-7H,8-13H2,1-2H3,(H,17,20). The van der Waals surface area contributed by atoms with Crippen molar-refractivity contribution in [3.05, 3.63) is 30.3 Å². The van der Waals surface area contributed by atoms with Crippen molar-refractivity contribution in [2.45, 2.75) is 13.3 Å². The molecule has 0 atom stereocenters. The van der Waals surface area contributed by atoms with Crippen molar-refractivity contribution in [2.24, 2.45) is 0 Å². The van der Waals surface area contributed by atoms with Gasteiger partial charge >= 0.3 is 0 Å². The minimum atomic E-state index is -0.0915. The van der Waals surface area contributed by atoms with E-state index in [4.69, 9.17) is 9.47 Å². The summed E-state index contributed by atoms with van der Waals surface area (Å²) in [6.07, 6.45) is 0.285. The van der Waals surface area contributed by atoms with Crippen LogP contribution in [0.4, 0.5) is 0 Å². The Hall–Kier alpha value is -2.08. The van der Waals surface area contributed by atoms with E-state index in [0.29, 0.717) is 32.8 Å². The maximum absolute atomic E-state index is 11.7. The third-order valence-electron chi connectivity index (χ3n) is 3.06. The topological polar surface area (TPSA) is 67.9 Å². The number of nitrogens with zero attached hydrogens (tertiary/aromatic N) is 1. The molecule has 6 heteroatoms. The molecule has 1 N–H and O–H groups in total. The second-order valence-electron chi connectivity index (χ2n) is 4.76. The van der Waals surface area contributed by atoms with Crippen molar-refractivity contribution in [3.8, 4) is 5.75 Å². The van der Waals surface area contributed by atoms with Crippen LogP contribution in [0.1, 0.15) is 13.3 Å². The number of hydrogen-bond acceptors (Lipinski definition) is 4. The quantitative estimate of drug-likeness (QED) is 0.702. The summed E-state index contributed by atoms with van der Waals surface area (Å²) in [7, 11) is 1.59. The number of para-hydroxylation sites is 1. The molecule has 0 spiro atoms. The lowest BCUT2D eigenvalue weighted by atomic mass is 10.3. The number of benzene rings is 1. The summed E-state index contributed by atoms with van der Waals surface area (Å²) in [6.45, 7) is 3.75. The largest absolute Gasteiger partial charge is 0.493 e. The van der Waals surface area contributed by atoms with E-state index in [1.807, 2.05) is 30.3 Å². The molecule has 6 nitrogen and oxygen atoms in total. The Morgan fingerprint density at radius 1 is 1.14 bits per heavy atom. The van der Waals surface area contributed by atoms with Crippen LogP contribution in [-0.4, -0.2) is 56.7 Å². The number of methoxy groups -OCH3 is 1. The van der Waals surface area contributed by atoms with Gasteiger partial charge in [-0.15, -0.1) is 0 Å². The van der Waals surface area contributed by atoms with E-state index in [9.17, 15) is 9.59 Å². The second-order valence-corrected chi connectivity index (χ2v) is 4.76. The van der Waals surface area contributed by atoms with E-state index in [1.54, 1.807) is 12.0 Å². The summed E-state index contributed by atoms with van der Waals surface area (Å²) < 4.78 is 10.4. The van der Waals surface area contributed by atoms with E-state index < -0.39 is 0 Å². The van der Waals surface area contributed by atoms with Crippen molar-refractivity contribution in [3.63, 3.8) is 0 Å². The first kappa shape index (κ1) is 18.0. The fourth-order valence-electron chi connectivity index (χ4n) is 1.83. The van der Waals surface area contributed by atoms with Crippen LogP contribution >= 0.6 is 0 Å². The van der Waals surface area contributed by atoms with E-state index in [2.05, 4.69) is 5.32 Å². The van der Waals surface area contributed by atoms with Gasteiger partial charge in [0.15, 0.2) is 0 Å². The van der Waals surface area contributed by atoms with Crippen LogP contribution in [0.25, 0.3) is 0 Å². The molecule has 0 aliphatic heterocycles. The van der Waals surface area contributed by atoms with Gasteiger partial charge in [0.05, 0.1) is 19.6 Å². The number of ether oxygens (including phenoxy) is 2. The number of nitrogens with one attached hydrogen (secondary N) is 1. The molecule has 0 aromatic heterocycles. The third-order valence-corrected chi connectivity index (χ3v) is 3.06. The van der Waals surface area contributed by atoms with Crippen molar-refractivity contribution < 1.29 is 19.1 Å². The lowest BCUT2D eigenvalue weighted by molar-refractivity contribution is -0.130. The molecule has 0 saturated heterocycles. The second kappa shape index (κ2) is 10.6. The molecule has 0 heterocycles. The number of carbonyl (C=O) groups excluding carboxylic acids is 2. The van der Waals surface area contributed by atoms with Gasteiger partial charge in [0, 0.05) is 33.7 Å². The van der Waals surface area contributed by atoms with Gasteiger partial charge in [0.2, 0.25) is 11.8 Å². The zero-order valence-electron chi connectivity index (χ0n) is 13.2. The molecule has 1 rings (SSSR count). The summed E-state index contributed by atoms with van der Waals surface area (Å²) in [6, 6.07) is 9.36. The zero-order valence-corrected chi connectivity index (χ0v) is 13.2. The zero-order chi connectivity index (χ0) is 16.2. The molecule has 0 fully saturated rings. The molecule has 0 aliphatic carbocycles. The Bertz CT molecular complexity index is 451. The molecule has 2 amide bonds. The van der Waals surface area contributed by atoms with Crippen LogP contribution in [0.2, 0.25) is 0 Å². The highest BCUT2D eigenvalue weighted by molar-refractivity contribution is 5.76. The molecular formula is C16H24N2O4. The first-order chi connectivity index (χ1) is 10.6. The van der Waals surface area contributed by atoms with Crippen LogP contribution in [-0.2, 0) is 14.3 Å². The Balaban J connectivity index is 2.15. The summed E-state index contributed by atoms with van der Waals surface area (Å²) in [4.78, 5) is 24.7. The molecule has 122 valence electrons. The summed E-state index contributed by atoms with van der Waals surface area (Å²) in [5.41, 5.74) is 0. The average Bonchev–Trinajstić information content (AvgIpc) is 2.51. The molecule has 0 bridgehead atoms. The average molecular weight is 308 g/mol. The van der Waals surface area contributed by atoms with Crippen LogP contribution < -0.4 is 10.1 Å². The third kappa shape index (κ3) is 7.64. The highest BCUT2D eigenvalue weighted by Crippen LogP contribution is 2.08. The predicted molar refractivity (Wildman–Crippen MR) is 83.7 cm³/mol. The highest BCUT2D eigenvalue weighted by Gasteiger charge is 2.08. The molecule has 0 saturated carbocycles. The number of hydrogen-bond donors (Lipinski definition) is 1. The van der Waals surface area contributed by atoms with Crippen LogP contribution in [0.5, 0.6) is 5.75 Å². The van der Waals surface area contributed by atoms with Gasteiger partial charge in [-0.05, 0) is 12.1 Å². The minimum absolute atomic E-state index is 0.0290. The Kier molecular flexibility index (Phi) is 8.67. The monoisotopic (exact) mass is 308 g/mol. The molecule has 1 aromatic rings. The Labute approximate surface area is 131 Å². The van der Waals surface area contributed by atoms with Gasteiger partial charge in [0.25, 0.3) is 0 Å². The van der Waals surface area contributed by atoms with E-state index in [1.165, 1.54) is 6.92 Å². The Morgan fingerprint density at radius 3 is 2.50 bits per heavy atom. The predicted octanol–water partition coefficient (Wildman–Crippen LogP) is 1.07. The number of amides is 2. The minimum Gasteiger partial charge on any atom is -0.493 e. The summed E-state index contributed by atoms with van der Waals surface area (Å²) in [5, 5.41) is 2.78. The maximum atomic E-state index is 11.7. The van der Waals surface area contributed by atoms with Gasteiger partial charge in [-0.2, -0.15) is 0 Å². The molecular weight excluding hydrogens is 284 g/mol. The van der Waals surface area contributed by atoms with Gasteiger partial charge in [-0.3, -0.25) is 9.59 Å².